The van der Waals surface area contributed by atoms with Gasteiger partial charge in [0.2, 0.25) is 11.8 Å². The van der Waals surface area contributed by atoms with E-state index < -0.39 is 0 Å². The van der Waals surface area contributed by atoms with E-state index in [1.54, 1.807) is 0 Å². The van der Waals surface area contributed by atoms with Crippen molar-refractivity contribution in [1.29, 1.82) is 0 Å². The van der Waals surface area contributed by atoms with E-state index in [0.717, 1.165) is 34.4 Å². The highest BCUT2D eigenvalue weighted by molar-refractivity contribution is 6.04. The number of hydrogen-bond donors (Lipinski definition) is 2. The van der Waals surface area contributed by atoms with Gasteiger partial charge < -0.3 is 10.6 Å². The molecule has 0 heterocycles. The Morgan fingerprint density at radius 2 is 1.54 bits per heavy atom. The highest BCUT2D eigenvalue weighted by Gasteiger charge is 2.12. The molecule has 4 nitrogen and oxygen atoms in total. The molecule has 0 spiro atoms. The fourth-order valence-corrected chi connectivity index (χ4v) is 2.76. The van der Waals surface area contributed by atoms with Gasteiger partial charge in [-0.2, -0.15) is 0 Å². The van der Waals surface area contributed by atoms with Crippen molar-refractivity contribution in [3.63, 3.8) is 0 Å². The molecule has 0 saturated heterocycles. The van der Waals surface area contributed by atoms with Gasteiger partial charge >= 0.3 is 0 Å². The second-order valence-electron chi connectivity index (χ2n) is 6.08. The molecule has 0 aliphatic carbocycles. The first-order chi connectivity index (χ1) is 11.5. The third-order valence-electron chi connectivity index (χ3n) is 3.84. The molecule has 0 fully saturated rings. The lowest BCUT2D eigenvalue weighted by atomic mass is 10.0. The number of hydrogen-bond acceptors (Lipinski definition) is 2. The number of nitrogens with one attached hydrogen (secondary N) is 2. The van der Waals surface area contributed by atoms with Crippen LogP contribution in [0.3, 0.4) is 0 Å². The van der Waals surface area contributed by atoms with Crippen LogP contribution in [0.4, 0.5) is 5.69 Å². The Morgan fingerprint density at radius 1 is 0.917 bits per heavy atom. The summed E-state index contributed by atoms with van der Waals surface area (Å²) >= 11 is 0. The number of aryl methyl sites for hydroxylation is 3. The lowest BCUT2D eigenvalue weighted by Gasteiger charge is -2.13. The Bertz CT molecular complexity index is 701. The van der Waals surface area contributed by atoms with Crippen LogP contribution in [0, 0.1) is 20.8 Å². The molecule has 0 aliphatic heterocycles. The van der Waals surface area contributed by atoms with Gasteiger partial charge in [-0.15, -0.1) is 0 Å². The first kappa shape index (κ1) is 17.7. The lowest BCUT2D eigenvalue weighted by Crippen LogP contribution is -2.30. The molecule has 2 rings (SSSR count). The van der Waals surface area contributed by atoms with E-state index in [1.807, 2.05) is 63.2 Å². The number of benzene rings is 2. The van der Waals surface area contributed by atoms with Crippen LogP contribution < -0.4 is 10.6 Å². The van der Waals surface area contributed by atoms with Crippen molar-refractivity contribution < 1.29 is 9.59 Å². The van der Waals surface area contributed by atoms with Crippen molar-refractivity contribution >= 4 is 17.5 Å². The van der Waals surface area contributed by atoms with Crippen molar-refractivity contribution in [2.45, 2.75) is 33.6 Å². The van der Waals surface area contributed by atoms with Crippen molar-refractivity contribution in [2.75, 3.05) is 11.9 Å². The second-order valence-corrected chi connectivity index (χ2v) is 6.08. The summed E-state index contributed by atoms with van der Waals surface area (Å²) in [7, 11) is 0. The Balaban J connectivity index is 1.81. The Kier molecular flexibility index (Phi) is 6.13. The van der Waals surface area contributed by atoms with E-state index in [2.05, 4.69) is 10.6 Å². The van der Waals surface area contributed by atoms with Crippen molar-refractivity contribution in [3.8, 4) is 0 Å². The zero-order valence-electron chi connectivity index (χ0n) is 14.5. The smallest absolute Gasteiger partial charge is 0.233 e. The number of rotatable bonds is 6. The molecular weight excluding hydrogens is 300 g/mol. The minimum absolute atomic E-state index is 0.165. The van der Waals surface area contributed by atoms with Crippen molar-refractivity contribution in [3.05, 3.63) is 64.7 Å². The molecule has 0 saturated carbocycles. The summed E-state index contributed by atoms with van der Waals surface area (Å²) in [6, 6.07) is 14.0. The van der Waals surface area contributed by atoms with Crippen molar-refractivity contribution in [1.82, 2.24) is 5.32 Å². The summed E-state index contributed by atoms with van der Waals surface area (Å²) < 4.78 is 0. The third-order valence-corrected chi connectivity index (χ3v) is 3.84. The standard InChI is InChI=1S/C20H24N2O2/c1-14-11-15(2)20(16(3)12-14)22-19(24)13-18(23)21-10-9-17-7-5-4-6-8-17/h4-8,11-12H,9-10,13H2,1-3H3,(H,21,23)(H,22,24). The molecule has 0 bridgehead atoms. The molecule has 0 atom stereocenters. The van der Waals surface area contributed by atoms with Gasteiger partial charge in [0.25, 0.3) is 0 Å². The van der Waals surface area contributed by atoms with Crippen LogP contribution in [0.5, 0.6) is 0 Å². The van der Waals surface area contributed by atoms with Gasteiger partial charge in [0.05, 0.1) is 0 Å². The van der Waals surface area contributed by atoms with Crippen LogP contribution >= 0.6 is 0 Å². The largest absolute Gasteiger partial charge is 0.355 e. The van der Waals surface area contributed by atoms with Crippen LogP contribution in [0.25, 0.3) is 0 Å². The van der Waals surface area contributed by atoms with Gasteiger partial charge in [0.15, 0.2) is 0 Å². The summed E-state index contributed by atoms with van der Waals surface area (Å²) in [4.78, 5) is 24.0. The summed E-state index contributed by atoms with van der Waals surface area (Å²) in [5, 5.41) is 5.63. The summed E-state index contributed by atoms with van der Waals surface area (Å²) in [5.74, 6) is -0.548. The first-order valence-corrected chi connectivity index (χ1v) is 8.14. The molecule has 2 N–H and O–H groups in total. The van der Waals surface area contributed by atoms with Gasteiger partial charge in [0.1, 0.15) is 6.42 Å². The maximum absolute atomic E-state index is 12.1. The molecule has 0 aromatic heterocycles. The van der Waals surface area contributed by atoms with Crippen LogP contribution in [-0.4, -0.2) is 18.4 Å². The SMILES string of the molecule is Cc1cc(C)c(NC(=O)CC(=O)NCCc2ccccc2)c(C)c1. The average Bonchev–Trinajstić information content (AvgIpc) is 2.52. The van der Waals surface area contributed by atoms with Crippen LogP contribution in [-0.2, 0) is 16.0 Å². The average molecular weight is 324 g/mol. The Hall–Kier alpha value is -2.62. The second kappa shape index (κ2) is 8.29. The van der Waals surface area contributed by atoms with E-state index >= 15 is 0 Å². The maximum Gasteiger partial charge on any atom is 0.233 e. The minimum Gasteiger partial charge on any atom is -0.355 e. The van der Waals surface area contributed by atoms with Gasteiger partial charge in [-0.1, -0.05) is 48.0 Å². The molecule has 4 heteroatoms. The summed E-state index contributed by atoms with van der Waals surface area (Å²) in [5.41, 5.74) is 5.12. The number of carbonyl (C=O) groups is 2. The van der Waals surface area contributed by atoms with E-state index in [1.165, 1.54) is 0 Å². The quantitative estimate of drug-likeness (QED) is 0.801. The number of anilines is 1. The highest BCUT2D eigenvalue weighted by Crippen LogP contribution is 2.21. The predicted octanol–water partition coefficient (Wildman–Crippen LogP) is 3.30. The fraction of sp³-hybridized carbons (Fsp3) is 0.300. The molecule has 126 valence electrons. The maximum atomic E-state index is 12.1. The molecule has 24 heavy (non-hydrogen) atoms. The predicted molar refractivity (Wildman–Crippen MR) is 97.1 cm³/mol. The van der Waals surface area contributed by atoms with E-state index in [-0.39, 0.29) is 18.2 Å². The van der Waals surface area contributed by atoms with Crippen LogP contribution in [0.2, 0.25) is 0 Å². The summed E-state index contributed by atoms with van der Waals surface area (Å²) in [6.07, 6.45) is 0.589. The molecular formula is C20H24N2O2. The van der Waals surface area contributed by atoms with E-state index in [0.29, 0.717) is 6.54 Å². The zero-order chi connectivity index (χ0) is 17.5. The molecule has 0 unspecified atom stereocenters. The molecule has 0 aliphatic rings. The van der Waals surface area contributed by atoms with Crippen molar-refractivity contribution in [2.24, 2.45) is 0 Å². The zero-order valence-corrected chi connectivity index (χ0v) is 14.5. The van der Waals surface area contributed by atoms with Gasteiger partial charge in [-0.05, 0) is 43.9 Å². The molecule has 2 amide bonds. The fourth-order valence-electron chi connectivity index (χ4n) is 2.76. The van der Waals surface area contributed by atoms with Gasteiger partial charge in [-0.3, -0.25) is 9.59 Å². The topological polar surface area (TPSA) is 58.2 Å². The third kappa shape index (κ3) is 5.23. The van der Waals surface area contributed by atoms with Crippen LogP contribution in [0.1, 0.15) is 28.7 Å². The monoisotopic (exact) mass is 324 g/mol. The lowest BCUT2D eigenvalue weighted by molar-refractivity contribution is -0.126. The Morgan fingerprint density at radius 3 is 2.17 bits per heavy atom. The van der Waals surface area contributed by atoms with Gasteiger partial charge in [0, 0.05) is 12.2 Å². The molecule has 0 radical (unpaired) electrons. The van der Waals surface area contributed by atoms with E-state index in [9.17, 15) is 9.59 Å². The van der Waals surface area contributed by atoms with Crippen LogP contribution in [0.15, 0.2) is 42.5 Å². The number of amides is 2. The normalized spacial score (nSPS) is 10.3. The molecule has 2 aromatic carbocycles. The first-order valence-electron chi connectivity index (χ1n) is 8.14. The molecule has 2 aromatic rings. The summed E-state index contributed by atoms with van der Waals surface area (Å²) in [6.45, 7) is 6.45. The number of carbonyl (C=O) groups excluding carboxylic acids is 2. The Labute approximate surface area is 143 Å². The minimum atomic E-state index is -0.290. The van der Waals surface area contributed by atoms with Gasteiger partial charge in [-0.25, -0.2) is 0 Å². The van der Waals surface area contributed by atoms with E-state index in [4.69, 9.17) is 0 Å². The highest BCUT2D eigenvalue weighted by atomic mass is 16.2.